The highest BCUT2D eigenvalue weighted by molar-refractivity contribution is 6.04. The SMILES string of the molecule is CCNC(=O)CCC12CCC(C)(C)CC1C1C(=O)C=C3C4(C)C=C(C#N)C(=O)C(C)(C)C4CCC3(C)C1(C)CC2. The lowest BCUT2D eigenvalue weighted by atomic mass is 9.34. The molecule has 5 heteroatoms. The van der Waals surface area contributed by atoms with Crippen LogP contribution in [0.15, 0.2) is 23.3 Å². The van der Waals surface area contributed by atoms with Crippen molar-refractivity contribution in [3.8, 4) is 6.07 Å². The smallest absolute Gasteiger partial charge is 0.220 e. The summed E-state index contributed by atoms with van der Waals surface area (Å²) in [5.74, 6) is 0.548. The van der Waals surface area contributed by atoms with Gasteiger partial charge >= 0.3 is 0 Å². The van der Waals surface area contributed by atoms with Crippen LogP contribution in [0.3, 0.4) is 0 Å². The molecule has 0 aromatic carbocycles. The van der Waals surface area contributed by atoms with Gasteiger partial charge < -0.3 is 5.32 Å². The Morgan fingerprint density at radius 3 is 2.35 bits per heavy atom. The molecular formula is C35H50N2O3. The molecule has 0 aliphatic heterocycles. The Labute approximate surface area is 241 Å². The molecule has 0 radical (unpaired) electrons. The predicted molar refractivity (Wildman–Crippen MR) is 157 cm³/mol. The van der Waals surface area contributed by atoms with Gasteiger partial charge in [0.2, 0.25) is 5.91 Å². The van der Waals surface area contributed by atoms with Crippen LogP contribution in [0.2, 0.25) is 0 Å². The fourth-order valence-corrected chi connectivity index (χ4v) is 10.8. The van der Waals surface area contributed by atoms with Gasteiger partial charge in [-0.2, -0.15) is 5.26 Å². The number of rotatable bonds is 4. The fourth-order valence-electron chi connectivity index (χ4n) is 10.8. The van der Waals surface area contributed by atoms with Gasteiger partial charge in [0.1, 0.15) is 6.07 Å². The summed E-state index contributed by atoms with van der Waals surface area (Å²) in [5, 5.41) is 12.9. The summed E-state index contributed by atoms with van der Waals surface area (Å²) >= 11 is 0. The van der Waals surface area contributed by atoms with Crippen molar-refractivity contribution in [3.63, 3.8) is 0 Å². The molecule has 3 fully saturated rings. The van der Waals surface area contributed by atoms with Crippen molar-refractivity contribution in [1.82, 2.24) is 5.32 Å². The number of carbonyl (C=O) groups is 3. The lowest BCUT2D eigenvalue weighted by Crippen LogP contribution is -2.64. The molecule has 0 spiro atoms. The maximum Gasteiger partial charge on any atom is 0.220 e. The van der Waals surface area contributed by atoms with Crippen molar-refractivity contribution in [2.45, 2.75) is 113 Å². The Balaban J connectivity index is 1.62. The van der Waals surface area contributed by atoms with Crippen LogP contribution in [0.4, 0.5) is 0 Å². The largest absolute Gasteiger partial charge is 0.356 e. The second-order valence-electron chi connectivity index (χ2n) is 16.1. The van der Waals surface area contributed by atoms with Gasteiger partial charge in [-0.1, -0.05) is 60.1 Å². The highest BCUT2D eigenvalue weighted by Gasteiger charge is 2.69. The van der Waals surface area contributed by atoms with Crippen molar-refractivity contribution in [2.24, 2.45) is 50.2 Å². The molecule has 5 aliphatic rings. The number of allylic oxidation sites excluding steroid dienone is 4. The van der Waals surface area contributed by atoms with E-state index in [0.29, 0.717) is 13.0 Å². The normalized spacial score (nSPS) is 43.1. The van der Waals surface area contributed by atoms with Crippen LogP contribution in [0, 0.1) is 61.6 Å². The summed E-state index contributed by atoms with van der Waals surface area (Å²) in [7, 11) is 0. The second kappa shape index (κ2) is 9.14. The molecule has 218 valence electrons. The van der Waals surface area contributed by atoms with Crippen LogP contribution in [0.5, 0.6) is 0 Å². The zero-order valence-corrected chi connectivity index (χ0v) is 26.1. The standard InChI is InChI=1S/C35H50N2O3/c1-9-37-27(39)11-13-35-16-14-30(2,3)20-23(35)28-24(38)18-26-32(6)19-22(21-36)29(40)31(4,5)25(32)10-12-33(26,7)34(28,8)15-17-35/h18-19,23,25,28H,9-17,20H2,1-8H3,(H,37,39). The third kappa shape index (κ3) is 3.87. The Hall–Kier alpha value is -2.22. The topological polar surface area (TPSA) is 87.0 Å². The summed E-state index contributed by atoms with van der Waals surface area (Å²) in [6.07, 6.45) is 12.4. The number of Topliss-reactive ketones (excluding diaryl/α,β-unsaturated/α-hetero) is 1. The number of ketones is 2. The zero-order valence-electron chi connectivity index (χ0n) is 26.1. The van der Waals surface area contributed by atoms with Crippen molar-refractivity contribution >= 4 is 17.5 Å². The average Bonchev–Trinajstić information content (AvgIpc) is 2.87. The Bertz CT molecular complexity index is 1250. The molecule has 40 heavy (non-hydrogen) atoms. The third-order valence-electron chi connectivity index (χ3n) is 13.3. The van der Waals surface area contributed by atoms with Gasteiger partial charge in [-0.05, 0) is 97.9 Å². The van der Waals surface area contributed by atoms with Crippen molar-refractivity contribution in [3.05, 3.63) is 23.3 Å². The molecule has 5 aliphatic carbocycles. The van der Waals surface area contributed by atoms with Crippen LogP contribution in [0.25, 0.3) is 0 Å². The second-order valence-corrected chi connectivity index (χ2v) is 16.1. The van der Waals surface area contributed by atoms with Gasteiger partial charge in [-0.3, -0.25) is 14.4 Å². The lowest BCUT2D eigenvalue weighted by Gasteiger charge is -2.69. The molecule has 0 aromatic rings. The molecule has 7 atom stereocenters. The number of nitrogens with zero attached hydrogens (tertiary/aromatic N) is 1. The molecule has 7 unspecified atom stereocenters. The molecule has 1 amide bonds. The van der Waals surface area contributed by atoms with Gasteiger partial charge in [0.15, 0.2) is 11.6 Å². The molecule has 0 bridgehead atoms. The third-order valence-corrected chi connectivity index (χ3v) is 13.3. The minimum Gasteiger partial charge on any atom is -0.356 e. The molecule has 5 rings (SSSR count). The molecule has 0 heterocycles. The Morgan fingerprint density at radius 1 is 1.02 bits per heavy atom. The van der Waals surface area contributed by atoms with E-state index < -0.39 is 10.8 Å². The maximum atomic E-state index is 14.6. The summed E-state index contributed by atoms with van der Waals surface area (Å²) < 4.78 is 0. The number of amides is 1. The number of nitriles is 1. The van der Waals surface area contributed by atoms with E-state index >= 15 is 0 Å². The Kier molecular flexibility index (Phi) is 6.69. The van der Waals surface area contributed by atoms with E-state index in [4.69, 9.17) is 0 Å². The number of hydrogen-bond acceptors (Lipinski definition) is 4. The maximum absolute atomic E-state index is 14.6. The summed E-state index contributed by atoms with van der Waals surface area (Å²) in [4.78, 5) is 40.4. The first kappa shape index (κ1) is 29.3. The highest BCUT2D eigenvalue weighted by atomic mass is 16.1. The summed E-state index contributed by atoms with van der Waals surface area (Å²) in [6, 6.07) is 2.20. The first-order valence-electron chi connectivity index (χ1n) is 15.7. The summed E-state index contributed by atoms with van der Waals surface area (Å²) in [5.41, 5.74) is 0.0402. The molecule has 3 saturated carbocycles. The van der Waals surface area contributed by atoms with E-state index in [2.05, 4.69) is 46.0 Å². The summed E-state index contributed by atoms with van der Waals surface area (Å²) in [6.45, 7) is 18.3. The fraction of sp³-hybridized carbons (Fsp3) is 0.771. The molecule has 5 nitrogen and oxygen atoms in total. The molecular weight excluding hydrogens is 496 g/mol. The number of carbonyl (C=O) groups excluding carboxylic acids is 3. The van der Waals surface area contributed by atoms with Gasteiger partial charge in [0.05, 0.1) is 5.57 Å². The van der Waals surface area contributed by atoms with E-state index in [1.807, 2.05) is 32.9 Å². The van der Waals surface area contributed by atoms with Gasteiger partial charge in [0.25, 0.3) is 0 Å². The average molecular weight is 547 g/mol. The number of hydrogen-bond donors (Lipinski definition) is 1. The number of fused-ring (bicyclic) bond motifs is 7. The Morgan fingerprint density at radius 2 is 1.70 bits per heavy atom. The van der Waals surface area contributed by atoms with Gasteiger partial charge in [-0.15, -0.1) is 0 Å². The van der Waals surface area contributed by atoms with E-state index in [9.17, 15) is 19.6 Å². The van der Waals surface area contributed by atoms with Crippen molar-refractivity contribution in [1.29, 1.82) is 5.26 Å². The highest BCUT2D eigenvalue weighted by Crippen LogP contribution is 2.75. The van der Waals surface area contributed by atoms with Crippen LogP contribution < -0.4 is 5.32 Å². The van der Waals surface area contributed by atoms with E-state index in [0.717, 1.165) is 56.9 Å². The van der Waals surface area contributed by atoms with E-state index in [1.165, 1.54) is 0 Å². The van der Waals surface area contributed by atoms with Crippen LogP contribution in [0.1, 0.15) is 113 Å². The van der Waals surface area contributed by atoms with Crippen LogP contribution in [-0.2, 0) is 14.4 Å². The van der Waals surface area contributed by atoms with E-state index in [-0.39, 0.29) is 62.5 Å². The minimum absolute atomic E-state index is 0.0242. The van der Waals surface area contributed by atoms with Crippen molar-refractivity contribution < 1.29 is 14.4 Å². The number of nitrogens with one attached hydrogen (secondary N) is 1. The van der Waals surface area contributed by atoms with Gasteiger partial charge in [-0.25, -0.2) is 0 Å². The lowest BCUT2D eigenvalue weighted by molar-refractivity contribution is -0.173. The van der Waals surface area contributed by atoms with Crippen LogP contribution >= 0.6 is 0 Å². The van der Waals surface area contributed by atoms with Crippen LogP contribution in [-0.4, -0.2) is 24.0 Å². The monoisotopic (exact) mass is 546 g/mol. The first-order valence-corrected chi connectivity index (χ1v) is 15.7. The minimum atomic E-state index is -0.647. The zero-order chi connectivity index (χ0) is 29.5. The van der Waals surface area contributed by atoms with Crippen molar-refractivity contribution in [2.75, 3.05) is 6.54 Å². The van der Waals surface area contributed by atoms with Gasteiger partial charge in [0, 0.05) is 29.7 Å². The molecule has 0 aromatic heterocycles. The first-order chi connectivity index (χ1) is 18.5. The quantitative estimate of drug-likeness (QED) is 0.407. The molecule has 0 saturated heterocycles. The van der Waals surface area contributed by atoms with E-state index in [1.54, 1.807) is 0 Å². The molecule has 1 N–H and O–H groups in total. The predicted octanol–water partition coefficient (Wildman–Crippen LogP) is 7.12.